The van der Waals surface area contributed by atoms with E-state index in [1.165, 1.54) is 11.1 Å². The number of carboxylic acids is 1. The maximum atomic E-state index is 12.4. The van der Waals surface area contributed by atoms with Crippen LogP contribution in [0.1, 0.15) is 43.2 Å². The van der Waals surface area contributed by atoms with Gasteiger partial charge in [-0.3, -0.25) is 4.79 Å². The first kappa shape index (κ1) is 23.8. The first-order valence-electron chi connectivity index (χ1n) is 11.7. The van der Waals surface area contributed by atoms with E-state index in [0.29, 0.717) is 19.4 Å². The van der Waals surface area contributed by atoms with Gasteiger partial charge in [-0.2, -0.15) is 0 Å². The number of amides is 2. The highest BCUT2D eigenvalue weighted by atomic mass is 16.5. The second-order valence-corrected chi connectivity index (χ2v) is 8.89. The van der Waals surface area contributed by atoms with Gasteiger partial charge in [-0.25, -0.2) is 9.59 Å². The van der Waals surface area contributed by atoms with Crippen LogP contribution in [0.3, 0.4) is 0 Å². The average molecular weight is 467 g/mol. The molecule has 1 unspecified atom stereocenters. The number of nitrogens with one attached hydrogen (secondary N) is 2. The van der Waals surface area contributed by atoms with E-state index in [9.17, 15) is 14.4 Å². The predicted molar refractivity (Wildman–Crippen MR) is 125 cm³/mol. The van der Waals surface area contributed by atoms with Crippen molar-refractivity contribution in [2.75, 3.05) is 19.8 Å². The normalized spacial score (nSPS) is 19.7. The van der Waals surface area contributed by atoms with E-state index in [-0.39, 0.29) is 43.4 Å². The molecule has 0 bridgehead atoms. The summed E-state index contributed by atoms with van der Waals surface area (Å²) in [4.78, 5) is 35.7. The van der Waals surface area contributed by atoms with Crippen LogP contribution in [0, 0.1) is 5.92 Å². The standard InChI is InChI=1S/C26H30N2O6/c1-16(10-11-23(29)27-14-17-12-13-33-24(17)25(30)31)28-26(32)34-15-22-20-8-4-2-6-18(20)19-7-3-5-9-21(19)22/h2-9,16-17,22,24H,10-15H2,1H3,(H,27,29)(H,28,32)(H,30,31)/t16?,17-,24-/m1/s1. The molecular weight excluding hydrogens is 436 g/mol. The Morgan fingerprint density at radius 3 is 2.38 bits per heavy atom. The molecule has 2 amide bonds. The van der Waals surface area contributed by atoms with Crippen LogP contribution < -0.4 is 10.6 Å². The third-order valence-electron chi connectivity index (χ3n) is 6.53. The first-order chi connectivity index (χ1) is 16.4. The molecule has 1 saturated heterocycles. The third-order valence-corrected chi connectivity index (χ3v) is 6.53. The van der Waals surface area contributed by atoms with Crippen molar-refractivity contribution in [3.8, 4) is 11.1 Å². The Morgan fingerprint density at radius 1 is 1.09 bits per heavy atom. The Kier molecular flexibility index (Phi) is 7.47. The number of hydrogen-bond donors (Lipinski definition) is 3. The van der Waals surface area contributed by atoms with Gasteiger partial charge in [-0.1, -0.05) is 48.5 Å². The smallest absolute Gasteiger partial charge is 0.407 e. The van der Waals surface area contributed by atoms with E-state index in [0.717, 1.165) is 11.1 Å². The lowest BCUT2D eigenvalue weighted by Gasteiger charge is -2.18. The lowest BCUT2D eigenvalue weighted by Crippen LogP contribution is -2.38. The SMILES string of the molecule is CC(CCC(=O)NC[C@H]1CCO[C@H]1C(=O)O)NC(=O)OCC1c2ccccc2-c2ccccc21. The Labute approximate surface area is 198 Å². The van der Waals surface area contributed by atoms with Gasteiger partial charge in [-0.15, -0.1) is 0 Å². The summed E-state index contributed by atoms with van der Waals surface area (Å²) in [6.07, 6.45) is -0.108. The van der Waals surface area contributed by atoms with Gasteiger partial charge in [0.25, 0.3) is 0 Å². The zero-order valence-electron chi connectivity index (χ0n) is 19.2. The summed E-state index contributed by atoms with van der Waals surface area (Å²) in [5, 5.41) is 14.7. The van der Waals surface area contributed by atoms with Crippen LogP contribution in [0.2, 0.25) is 0 Å². The number of hydrogen-bond acceptors (Lipinski definition) is 5. The first-order valence-corrected chi connectivity index (χ1v) is 11.7. The fraction of sp³-hybridized carbons (Fsp3) is 0.423. The zero-order valence-corrected chi connectivity index (χ0v) is 19.2. The van der Waals surface area contributed by atoms with E-state index in [4.69, 9.17) is 14.6 Å². The largest absolute Gasteiger partial charge is 0.479 e. The minimum atomic E-state index is -1.00. The Hall–Kier alpha value is -3.39. The van der Waals surface area contributed by atoms with Crippen LogP contribution in [0.25, 0.3) is 11.1 Å². The van der Waals surface area contributed by atoms with E-state index in [1.54, 1.807) is 0 Å². The monoisotopic (exact) mass is 466 g/mol. The minimum absolute atomic E-state index is 0.00608. The second kappa shape index (κ2) is 10.7. The molecule has 3 N–H and O–H groups in total. The number of fused-ring (bicyclic) bond motifs is 3. The van der Waals surface area contributed by atoms with Crippen molar-refractivity contribution in [2.24, 2.45) is 5.92 Å². The van der Waals surface area contributed by atoms with Crippen molar-refractivity contribution in [1.82, 2.24) is 10.6 Å². The highest BCUT2D eigenvalue weighted by Gasteiger charge is 2.34. The maximum Gasteiger partial charge on any atom is 0.407 e. The van der Waals surface area contributed by atoms with Gasteiger partial charge >= 0.3 is 12.1 Å². The number of ether oxygens (including phenoxy) is 2. The number of aliphatic carboxylic acids is 1. The quantitative estimate of drug-likeness (QED) is 0.523. The van der Waals surface area contributed by atoms with Gasteiger partial charge in [0.1, 0.15) is 6.61 Å². The van der Waals surface area contributed by atoms with Gasteiger partial charge in [0.2, 0.25) is 5.91 Å². The molecule has 0 radical (unpaired) electrons. The molecule has 180 valence electrons. The molecule has 2 aliphatic rings. The molecule has 4 rings (SSSR count). The van der Waals surface area contributed by atoms with Crippen LogP contribution in [0.15, 0.2) is 48.5 Å². The van der Waals surface area contributed by atoms with Gasteiger partial charge in [0.15, 0.2) is 6.10 Å². The average Bonchev–Trinajstić information content (AvgIpc) is 3.43. The summed E-state index contributed by atoms with van der Waals surface area (Å²) in [6, 6.07) is 16.1. The molecule has 1 fully saturated rings. The van der Waals surface area contributed by atoms with Crippen LogP contribution in [-0.2, 0) is 19.1 Å². The van der Waals surface area contributed by atoms with Crippen molar-refractivity contribution in [1.29, 1.82) is 0 Å². The molecule has 34 heavy (non-hydrogen) atoms. The summed E-state index contributed by atoms with van der Waals surface area (Å²) in [5.41, 5.74) is 4.65. The topological polar surface area (TPSA) is 114 Å². The third kappa shape index (κ3) is 5.39. The molecule has 2 aromatic carbocycles. The van der Waals surface area contributed by atoms with E-state index < -0.39 is 18.2 Å². The van der Waals surface area contributed by atoms with Crippen LogP contribution in [-0.4, -0.2) is 55.0 Å². The highest BCUT2D eigenvalue weighted by Crippen LogP contribution is 2.44. The summed E-state index contributed by atoms with van der Waals surface area (Å²) in [7, 11) is 0. The van der Waals surface area contributed by atoms with E-state index in [2.05, 4.69) is 34.9 Å². The molecule has 0 aromatic heterocycles. The highest BCUT2D eigenvalue weighted by molar-refractivity contribution is 5.79. The fourth-order valence-corrected chi connectivity index (χ4v) is 4.71. The lowest BCUT2D eigenvalue weighted by molar-refractivity contribution is -0.149. The molecule has 0 spiro atoms. The Bertz CT molecular complexity index is 1010. The molecule has 8 heteroatoms. The summed E-state index contributed by atoms with van der Waals surface area (Å²) >= 11 is 0. The molecule has 1 aliphatic heterocycles. The van der Waals surface area contributed by atoms with Gasteiger partial charge in [-0.05, 0) is 42.0 Å². The number of rotatable bonds is 9. The number of carboxylic acid groups (broad SMARTS) is 1. The molecule has 1 heterocycles. The number of benzene rings is 2. The lowest BCUT2D eigenvalue weighted by atomic mass is 9.98. The Morgan fingerprint density at radius 2 is 1.74 bits per heavy atom. The van der Waals surface area contributed by atoms with Crippen molar-refractivity contribution in [3.63, 3.8) is 0 Å². The zero-order chi connectivity index (χ0) is 24.1. The Balaban J connectivity index is 1.20. The molecule has 0 saturated carbocycles. The van der Waals surface area contributed by atoms with E-state index in [1.807, 2.05) is 31.2 Å². The molecule has 3 atom stereocenters. The number of alkyl carbamates (subject to hydrolysis) is 1. The van der Waals surface area contributed by atoms with Crippen LogP contribution in [0.4, 0.5) is 4.79 Å². The van der Waals surface area contributed by atoms with Gasteiger partial charge in [0, 0.05) is 37.5 Å². The molecule has 1 aliphatic carbocycles. The van der Waals surface area contributed by atoms with Gasteiger partial charge < -0.3 is 25.2 Å². The maximum absolute atomic E-state index is 12.4. The predicted octanol–water partition coefficient (Wildman–Crippen LogP) is 3.30. The van der Waals surface area contributed by atoms with Crippen molar-refractivity contribution >= 4 is 18.0 Å². The number of carbonyl (C=O) groups is 3. The fourth-order valence-electron chi connectivity index (χ4n) is 4.71. The molecule has 2 aromatic rings. The van der Waals surface area contributed by atoms with Crippen molar-refractivity contribution in [2.45, 2.75) is 44.2 Å². The molecule has 8 nitrogen and oxygen atoms in total. The van der Waals surface area contributed by atoms with Crippen LogP contribution >= 0.6 is 0 Å². The van der Waals surface area contributed by atoms with Crippen LogP contribution in [0.5, 0.6) is 0 Å². The summed E-state index contributed by atoms with van der Waals surface area (Å²) in [5.74, 6) is -1.42. The molecular formula is C26H30N2O6. The second-order valence-electron chi connectivity index (χ2n) is 8.89. The summed E-state index contributed by atoms with van der Waals surface area (Å²) in [6.45, 7) is 2.71. The summed E-state index contributed by atoms with van der Waals surface area (Å²) < 4.78 is 10.7. The van der Waals surface area contributed by atoms with E-state index >= 15 is 0 Å². The van der Waals surface area contributed by atoms with Crippen molar-refractivity contribution in [3.05, 3.63) is 59.7 Å². The minimum Gasteiger partial charge on any atom is -0.479 e. The number of carbonyl (C=O) groups excluding carboxylic acids is 2. The van der Waals surface area contributed by atoms with Gasteiger partial charge in [0.05, 0.1) is 0 Å². The van der Waals surface area contributed by atoms with Crippen molar-refractivity contribution < 1.29 is 29.0 Å².